The van der Waals surface area contributed by atoms with E-state index < -0.39 is 16.4 Å². The maximum absolute atomic E-state index is 13.0. The molecule has 10 nitrogen and oxygen atoms in total. The molecule has 1 amide bonds. The van der Waals surface area contributed by atoms with Gasteiger partial charge in [0, 0.05) is 30.8 Å². The second-order valence-corrected chi connectivity index (χ2v) is 7.57. The second-order valence-electron chi connectivity index (χ2n) is 7.57. The molecule has 4 rings (SSSR count). The number of rotatable bonds is 6. The number of furan rings is 1. The van der Waals surface area contributed by atoms with Crippen LogP contribution in [0.4, 0.5) is 11.4 Å². The molecule has 2 aromatic heterocycles. The van der Waals surface area contributed by atoms with Gasteiger partial charge in [0.25, 0.3) is 17.2 Å². The lowest BCUT2D eigenvalue weighted by atomic mass is 10.1. The molecule has 4 aromatic rings. The number of anilines is 1. The fourth-order valence-electron chi connectivity index (χ4n) is 3.52. The van der Waals surface area contributed by atoms with Crippen molar-refractivity contribution in [3.63, 3.8) is 0 Å². The molecule has 0 spiro atoms. The summed E-state index contributed by atoms with van der Waals surface area (Å²) >= 11 is 0. The normalized spacial score (nSPS) is 11.2. The molecule has 0 aliphatic carbocycles. The van der Waals surface area contributed by atoms with Gasteiger partial charge in [0.15, 0.2) is 0 Å². The molecule has 0 bridgehead atoms. The standard InChI is InChI=1S/C25H19N5O5/c1-16-23(25(32)29(28(16)2)19-6-4-3-5-7-19)27-24(31)18(15-26)14-21-12-13-22(35-21)17-8-10-20(11-9-17)30(33)34/h3-14H,1-2H3,(H,27,31)/b18-14+. The first kappa shape index (κ1) is 23.0. The third kappa shape index (κ3) is 4.51. The molecule has 2 aromatic carbocycles. The van der Waals surface area contributed by atoms with E-state index in [0.29, 0.717) is 22.7 Å². The molecule has 1 N–H and O–H groups in total. The SMILES string of the molecule is Cc1c(NC(=O)/C(C#N)=C/c2ccc(-c3ccc([N+](=O)[O-])cc3)o2)c(=O)n(-c2ccccc2)n1C. The van der Waals surface area contributed by atoms with E-state index in [9.17, 15) is 25.0 Å². The van der Waals surface area contributed by atoms with Gasteiger partial charge < -0.3 is 9.73 Å². The lowest BCUT2D eigenvalue weighted by Gasteiger charge is -2.07. The zero-order valence-electron chi connectivity index (χ0n) is 18.8. The number of nitriles is 1. The van der Waals surface area contributed by atoms with Crippen molar-refractivity contribution in [3.05, 3.63) is 104 Å². The van der Waals surface area contributed by atoms with Crippen molar-refractivity contribution in [1.29, 1.82) is 5.26 Å². The highest BCUT2D eigenvalue weighted by Crippen LogP contribution is 2.25. The number of carbonyl (C=O) groups excluding carboxylic acids is 1. The molecule has 0 atom stereocenters. The Balaban J connectivity index is 1.59. The Morgan fingerprint density at radius 1 is 1.11 bits per heavy atom. The van der Waals surface area contributed by atoms with Crippen LogP contribution in [0.5, 0.6) is 0 Å². The molecule has 10 heteroatoms. The molecule has 0 fully saturated rings. The van der Waals surface area contributed by atoms with Crippen LogP contribution in [0.2, 0.25) is 0 Å². The summed E-state index contributed by atoms with van der Waals surface area (Å²) in [6.45, 7) is 1.69. The summed E-state index contributed by atoms with van der Waals surface area (Å²) in [5.74, 6) is -0.114. The number of para-hydroxylation sites is 1. The molecule has 0 radical (unpaired) electrons. The first-order valence-corrected chi connectivity index (χ1v) is 10.4. The average Bonchev–Trinajstić information content (AvgIpc) is 3.41. The van der Waals surface area contributed by atoms with Crippen molar-refractivity contribution in [2.24, 2.45) is 7.05 Å². The summed E-state index contributed by atoms with van der Waals surface area (Å²) in [5, 5.41) is 22.9. The van der Waals surface area contributed by atoms with E-state index in [1.54, 1.807) is 55.1 Å². The largest absolute Gasteiger partial charge is 0.457 e. The number of amides is 1. The highest BCUT2D eigenvalue weighted by Gasteiger charge is 2.20. The fraction of sp³-hybridized carbons (Fsp3) is 0.0800. The van der Waals surface area contributed by atoms with Gasteiger partial charge in [0.1, 0.15) is 28.9 Å². The molecule has 0 saturated heterocycles. The molecule has 174 valence electrons. The molecular formula is C25H19N5O5. The maximum Gasteiger partial charge on any atom is 0.295 e. The number of hydrogen-bond acceptors (Lipinski definition) is 6. The fourth-order valence-corrected chi connectivity index (χ4v) is 3.52. The predicted molar refractivity (Wildman–Crippen MR) is 129 cm³/mol. The van der Waals surface area contributed by atoms with Crippen LogP contribution in [0.15, 0.2) is 81.5 Å². The van der Waals surface area contributed by atoms with Gasteiger partial charge in [-0.15, -0.1) is 0 Å². The second kappa shape index (κ2) is 9.36. The first-order valence-electron chi connectivity index (χ1n) is 10.4. The van der Waals surface area contributed by atoms with Crippen molar-refractivity contribution >= 4 is 23.4 Å². The van der Waals surface area contributed by atoms with Crippen LogP contribution >= 0.6 is 0 Å². The van der Waals surface area contributed by atoms with Gasteiger partial charge in [0.05, 0.1) is 16.3 Å². The summed E-state index contributed by atoms with van der Waals surface area (Å²) in [5.41, 5.74) is 1.07. The third-order valence-corrected chi connectivity index (χ3v) is 5.43. The van der Waals surface area contributed by atoms with Crippen molar-refractivity contribution < 1.29 is 14.1 Å². The predicted octanol–water partition coefficient (Wildman–Crippen LogP) is 4.20. The van der Waals surface area contributed by atoms with E-state index in [1.807, 2.05) is 12.1 Å². The summed E-state index contributed by atoms with van der Waals surface area (Å²) in [7, 11) is 1.70. The van der Waals surface area contributed by atoms with Crippen molar-refractivity contribution in [3.8, 4) is 23.1 Å². The van der Waals surface area contributed by atoms with Crippen molar-refractivity contribution in [1.82, 2.24) is 9.36 Å². The van der Waals surface area contributed by atoms with Crippen molar-refractivity contribution in [2.45, 2.75) is 6.92 Å². The van der Waals surface area contributed by atoms with E-state index in [2.05, 4.69) is 5.32 Å². The number of nitrogens with zero attached hydrogens (tertiary/aromatic N) is 4. The van der Waals surface area contributed by atoms with Crippen molar-refractivity contribution in [2.75, 3.05) is 5.32 Å². The van der Waals surface area contributed by atoms with E-state index in [1.165, 1.54) is 35.0 Å². The van der Waals surface area contributed by atoms with Gasteiger partial charge in [-0.2, -0.15) is 5.26 Å². The van der Waals surface area contributed by atoms with Crippen LogP contribution in [0.25, 0.3) is 23.1 Å². The molecular weight excluding hydrogens is 450 g/mol. The van der Waals surface area contributed by atoms with E-state index in [-0.39, 0.29) is 22.7 Å². The van der Waals surface area contributed by atoms with Crippen LogP contribution in [0.1, 0.15) is 11.5 Å². The third-order valence-electron chi connectivity index (χ3n) is 5.43. The summed E-state index contributed by atoms with van der Waals surface area (Å²) in [4.78, 5) is 36.2. The number of non-ortho nitro benzene ring substituents is 1. The zero-order valence-corrected chi connectivity index (χ0v) is 18.8. The lowest BCUT2D eigenvalue weighted by Crippen LogP contribution is -2.23. The number of benzene rings is 2. The van der Waals surface area contributed by atoms with Crippen LogP contribution < -0.4 is 10.9 Å². The minimum absolute atomic E-state index is 0.0496. The van der Waals surface area contributed by atoms with Gasteiger partial charge in [-0.25, -0.2) is 4.68 Å². The van der Waals surface area contributed by atoms with Gasteiger partial charge in [-0.05, 0) is 43.3 Å². The average molecular weight is 469 g/mol. The maximum atomic E-state index is 13.0. The Hall–Kier alpha value is -5.17. The first-order chi connectivity index (χ1) is 16.8. The molecule has 0 aliphatic heterocycles. The summed E-state index contributed by atoms with van der Waals surface area (Å²) in [6.07, 6.45) is 1.26. The smallest absolute Gasteiger partial charge is 0.295 e. The van der Waals surface area contributed by atoms with Crippen LogP contribution in [-0.2, 0) is 11.8 Å². The Bertz CT molecular complexity index is 1550. The van der Waals surface area contributed by atoms with Gasteiger partial charge >= 0.3 is 0 Å². The van der Waals surface area contributed by atoms with E-state index in [0.717, 1.165) is 0 Å². The topological polar surface area (TPSA) is 136 Å². The van der Waals surface area contributed by atoms with Gasteiger partial charge in [0.2, 0.25) is 0 Å². The van der Waals surface area contributed by atoms with Crippen LogP contribution in [0.3, 0.4) is 0 Å². The number of nitro benzene ring substituents is 1. The number of nitro groups is 1. The minimum atomic E-state index is -0.758. The van der Waals surface area contributed by atoms with Crippen LogP contribution in [-0.4, -0.2) is 20.2 Å². The van der Waals surface area contributed by atoms with E-state index in [4.69, 9.17) is 4.42 Å². The monoisotopic (exact) mass is 469 g/mol. The van der Waals surface area contributed by atoms with E-state index >= 15 is 0 Å². The molecule has 35 heavy (non-hydrogen) atoms. The molecule has 0 saturated carbocycles. The zero-order chi connectivity index (χ0) is 25.1. The van der Waals surface area contributed by atoms with Crippen LogP contribution in [0, 0.1) is 28.4 Å². The number of aromatic nitrogens is 2. The highest BCUT2D eigenvalue weighted by atomic mass is 16.6. The Labute approximate surface area is 199 Å². The Kier molecular flexibility index (Phi) is 6.16. The van der Waals surface area contributed by atoms with Gasteiger partial charge in [-0.3, -0.25) is 24.4 Å². The Morgan fingerprint density at radius 3 is 2.43 bits per heavy atom. The molecule has 0 unspecified atom stereocenters. The highest BCUT2D eigenvalue weighted by molar-refractivity contribution is 6.09. The molecule has 0 aliphatic rings. The number of nitrogens with one attached hydrogen (secondary N) is 1. The van der Waals surface area contributed by atoms with Gasteiger partial charge in [-0.1, -0.05) is 18.2 Å². The lowest BCUT2D eigenvalue weighted by molar-refractivity contribution is -0.384. The minimum Gasteiger partial charge on any atom is -0.457 e. The number of hydrogen-bond donors (Lipinski definition) is 1. The quantitative estimate of drug-likeness (QED) is 0.195. The number of carbonyl (C=O) groups is 1. The Morgan fingerprint density at radius 2 is 1.80 bits per heavy atom. The summed E-state index contributed by atoms with van der Waals surface area (Å²) < 4.78 is 8.72. The molecule has 2 heterocycles. The summed E-state index contributed by atoms with van der Waals surface area (Å²) in [6, 6.07) is 19.8.